The zero-order chi connectivity index (χ0) is 16.7. The molecular formula is C17H23N5OS. The minimum absolute atomic E-state index is 0.00177. The van der Waals surface area contributed by atoms with Crippen LogP contribution < -0.4 is 5.32 Å². The Labute approximate surface area is 145 Å². The zero-order valence-corrected chi connectivity index (χ0v) is 15.0. The van der Waals surface area contributed by atoms with Gasteiger partial charge >= 0.3 is 0 Å². The Kier molecular flexibility index (Phi) is 3.92. The number of nitrogens with one attached hydrogen (secondary N) is 1. The van der Waals surface area contributed by atoms with E-state index in [4.69, 9.17) is 0 Å². The van der Waals surface area contributed by atoms with Crippen LogP contribution in [0.4, 0.5) is 0 Å². The number of amides is 1. The van der Waals surface area contributed by atoms with Crippen LogP contribution in [0.1, 0.15) is 40.2 Å². The molecule has 24 heavy (non-hydrogen) atoms. The highest BCUT2D eigenvalue weighted by atomic mass is 32.1. The van der Waals surface area contributed by atoms with Crippen LogP contribution >= 0.6 is 11.3 Å². The highest BCUT2D eigenvalue weighted by Gasteiger charge is 2.48. The number of carbonyl (C=O) groups is 1. The number of hydrogen-bond acceptors (Lipinski definition) is 5. The molecule has 1 spiro atoms. The van der Waals surface area contributed by atoms with Crippen molar-refractivity contribution < 1.29 is 4.79 Å². The van der Waals surface area contributed by atoms with Crippen molar-refractivity contribution in [3.63, 3.8) is 0 Å². The van der Waals surface area contributed by atoms with Crippen LogP contribution in [-0.2, 0) is 13.6 Å². The fraction of sp³-hybridized carbons (Fsp3) is 0.588. The van der Waals surface area contributed by atoms with E-state index < -0.39 is 0 Å². The maximum absolute atomic E-state index is 12.2. The molecule has 2 fully saturated rings. The maximum Gasteiger partial charge on any atom is 0.254 e. The van der Waals surface area contributed by atoms with E-state index in [1.165, 1.54) is 11.3 Å². The van der Waals surface area contributed by atoms with E-state index in [1.54, 1.807) is 28.4 Å². The number of thiazole rings is 1. The second kappa shape index (κ2) is 5.97. The molecule has 2 aromatic heterocycles. The van der Waals surface area contributed by atoms with Crippen LogP contribution in [0, 0.1) is 12.3 Å². The summed E-state index contributed by atoms with van der Waals surface area (Å²) in [5.74, 6) is -0.00177. The summed E-state index contributed by atoms with van der Waals surface area (Å²) in [6.45, 7) is 5.40. The molecule has 1 saturated heterocycles. The molecule has 0 bridgehead atoms. The Morgan fingerprint density at radius 3 is 3.00 bits per heavy atom. The van der Waals surface area contributed by atoms with Crippen molar-refractivity contribution in [3.8, 4) is 0 Å². The molecule has 128 valence electrons. The lowest BCUT2D eigenvalue weighted by Gasteiger charge is -2.45. The molecule has 6 nitrogen and oxygen atoms in total. The van der Waals surface area contributed by atoms with E-state index in [-0.39, 0.29) is 5.91 Å². The molecule has 7 heteroatoms. The van der Waals surface area contributed by atoms with Crippen LogP contribution in [0.5, 0.6) is 0 Å². The van der Waals surface area contributed by atoms with Crippen LogP contribution in [-0.4, -0.2) is 44.7 Å². The van der Waals surface area contributed by atoms with Gasteiger partial charge in [-0.25, -0.2) is 4.98 Å². The Bertz CT molecular complexity index is 746. The highest BCUT2D eigenvalue weighted by Crippen LogP contribution is 2.48. The maximum atomic E-state index is 12.2. The van der Waals surface area contributed by atoms with Gasteiger partial charge in [-0.1, -0.05) is 0 Å². The second-order valence-corrected chi connectivity index (χ2v) is 8.24. The smallest absolute Gasteiger partial charge is 0.254 e. The first-order valence-corrected chi connectivity index (χ1v) is 9.32. The standard InChI is InChI=1S/C17H23N5OS/c1-12-15(24-11-18-12)9-22-4-3-17(10-22)5-14(6-17)20-16(23)13-7-19-21(2)8-13/h7-8,11,14H,3-6,9-10H2,1-2H3,(H,20,23). The van der Waals surface area contributed by atoms with Crippen molar-refractivity contribution >= 4 is 17.2 Å². The predicted molar refractivity (Wildman–Crippen MR) is 92.9 cm³/mol. The van der Waals surface area contributed by atoms with E-state index in [2.05, 4.69) is 27.2 Å². The van der Waals surface area contributed by atoms with Crippen molar-refractivity contribution in [2.75, 3.05) is 13.1 Å². The molecule has 0 aromatic carbocycles. The summed E-state index contributed by atoms with van der Waals surface area (Å²) in [6, 6.07) is 0.308. The summed E-state index contributed by atoms with van der Waals surface area (Å²) in [6.07, 6.45) is 6.81. The van der Waals surface area contributed by atoms with Gasteiger partial charge in [0.2, 0.25) is 0 Å². The summed E-state index contributed by atoms with van der Waals surface area (Å²) < 4.78 is 1.66. The number of hydrogen-bond donors (Lipinski definition) is 1. The molecule has 1 aliphatic carbocycles. The largest absolute Gasteiger partial charge is 0.349 e. The minimum atomic E-state index is -0.00177. The lowest BCUT2D eigenvalue weighted by atomic mass is 9.65. The summed E-state index contributed by atoms with van der Waals surface area (Å²) >= 11 is 1.75. The van der Waals surface area contributed by atoms with Gasteiger partial charge in [0.25, 0.3) is 5.91 Å². The molecule has 1 N–H and O–H groups in total. The van der Waals surface area contributed by atoms with Gasteiger partial charge in [-0.05, 0) is 38.1 Å². The number of likely N-dealkylation sites (tertiary alicyclic amines) is 1. The van der Waals surface area contributed by atoms with E-state index in [9.17, 15) is 4.79 Å². The van der Waals surface area contributed by atoms with Crippen molar-refractivity contribution in [1.82, 2.24) is 25.0 Å². The Morgan fingerprint density at radius 2 is 2.33 bits per heavy atom. The SMILES string of the molecule is Cc1ncsc1CN1CCC2(CC(NC(=O)c3cnn(C)c3)C2)C1. The highest BCUT2D eigenvalue weighted by molar-refractivity contribution is 7.09. The number of nitrogens with zero attached hydrogens (tertiary/aromatic N) is 4. The summed E-state index contributed by atoms with van der Waals surface area (Å²) in [5, 5.41) is 7.21. The fourth-order valence-corrected chi connectivity index (χ4v) is 4.89. The molecule has 1 amide bonds. The summed E-state index contributed by atoms with van der Waals surface area (Å²) in [4.78, 5) is 20.5. The normalized spacial score (nSPS) is 26.7. The number of aryl methyl sites for hydroxylation is 2. The summed E-state index contributed by atoms with van der Waals surface area (Å²) in [7, 11) is 1.83. The van der Waals surface area contributed by atoms with Crippen LogP contribution in [0.25, 0.3) is 0 Å². The third-order valence-electron chi connectivity index (χ3n) is 5.39. The average molecular weight is 345 g/mol. The third kappa shape index (κ3) is 2.98. The minimum Gasteiger partial charge on any atom is -0.349 e. The monoisotopic (exact) mass is 345 g/mol. The van der Waals surface area contributed by atoms with Gasteiger partial charge in [0, 0.05) is 37.3 Å². The molecule has 0 unspecified atom stereocenters. The molecule has 2 aromatic rings. The number of carbonyl (C=O) groups excluding carboxylic acids is 1. The summed E-state index contributed by atoms with van der Waals surface area (Å²) in [5.41, 5.74) is 4.15. The van der Waals surface area contributed by atoms with Gasteiger partial charge < -0.3 is 5.32 Å². The lowest BCUT2D eigenvalue weighted by molar-refractivity contribution is 0.0694. The van der Waals surface area contributed by atoms with Gasteiger partial charge in [0.1, 0.15) is 0 Å². The Balaban J connectivity index is 1.28. The third-order valence-corrected chi connectivity index (χ3v) is 6.31. The van der Waals surface area contributed by atoms with Gasteiger partial charge in [-0.15, -0.1) is 11.3 Å². The molecule has 0 atom stereocenters. The average Bonchev–Trinajstić information content (AvgIpc) is 3.21. The van der Waals surface area contributed by atoms with E-state index >= 15 is 0 Å². The van der Waals surface area contributed by atoms with Crippen molar-refractivity contribution in [2.45, 2.75) is 38.8 Å². The fourth-order valence-electron chi connectivity index (χ4n) is 4.07. The molecule has 2 aliphatic rings. The quantitative estimate of drug-likeness (QED) is 0.920. The van der Waals surface area contributed by atoms with E-state index in [1.807, 2.05) is 12.6 Å². The van der Waals surface area contributed by atoms with Gasteiger partial charge in [-0.2, -0.15) is 5.10 Å². The van der Waals surface area contributed by atoms with E-state index in [0.29, 0.717) is 17.0 Å². The van der Waals surface area contributed by atoms with Gasteiger partial charge in [0.15, 0.2) is 0 Å². The molecule has 3 heterocycles. The number of rotatable bonds is 4. The van der Waals surface area contributed by atoms with Gasteiger partial charge in [-0.3, -0.25) is 14.4 Å². The molecule has 1 aliphatic heterocycles. The van der Waals surface area contributed by atoms with E-state index in [0.717, 1.165) is 38.2 Å². The molecule has 0 radical (unpaired) electrons. The van der Waals surface area contributed by atoms with Crippen molar-refractivity contribution in [3.05, 3.63) is 34.0 Å². The van der Waals surface area contributed by atoms with Crippen molar-refractivity contribution in [2.24, 2.45) is 12.5 Å². The Hall–Kier alpha value is -1.73. The van der Waals surface area contributed by atoms with Crippen LogP contribution in [0.15, 0.2) is 17.9 Å². The zero-order valence-electron chi connectivity index (χ0n) is 14.2. The first-order valence-electron chi connectivity index (χ1n) is 8.44. The Morgan fingerprint density at radius 1 is 1.50 bits per heavy atom. The molecule has 4 rings (SSSR count). The topological polar surface area (TPSA) is 63.1 Å². The van der Waals surface area contributed by atoms with Gasteiger partial charge in [0.05, 0.1) is 23.0 Å². The molecular weight excluding hydrogens is 322 g/mol. The lowest BCUT2D eigenvalue weighted by Crippen LogP contribution is -2.51. The first-order chi connectivity index (χ1) is 11.5. The number of aromatic nitrogens is 3. The van der Waals surface area contributed by atoms with Crippen molar-refractivity contribution in [1.29, 1.82) is 0 Å². The second-order valence-electron chi connectivity index (χ2n) is 7.30. The van der Waals surface area contributed by atoms with Crippen LogP contribution in [0.2, 0.25) is 0 Å². The first kappa shape index (κ1) is 15.8. The predicted octanol–water partition coefficient (Wildman–Crippen LogP) is 1.97. The van der Waals surface area contributed by atoms with Crippen LogP contribution in [0.3, 0.4) is 0 Å². The molecule has 1 saturated carbocycles.